The maximum absolute atomic E-state index is 12.9. The van der Waals surface area contributed by atoms with E-state index >= 15 is 0 Å². The Balaban J connectivity index is 4.26. The van der Waals surface area contributed by atoms with E-state index in [1.807, 2.05) is 0 Å². The van der Waals surface area contributed by atoms with Crippen LogP contribution in [0.25, 0.3) is 0 Å². The normalized spacial score (nSPS) is 13.0. The molecule has 1 unspecified atom stereocenters. The minimum absolute atomic E-state index is 0.0880. The lowest BCUT2D eigenvalue weighted by Gasteiger charge is -2.18. The van der Waals surface area contributed by atoms with Gasteiger partial charge in [-0.05, 0) is 122 Å². The van der Waals surface area contributed by atoms with Crippen LogP contribution in [0, 0.1) is 0 Å². The van der Waals surface area contributed by atoms with E-state index in [9.17, 15) is 14.4 Å². The van der Waals surface area contributed by atoms with Crippen molar-refractivity contribution < 1.29 is 28.6 Å². The fourth-order valence-electron chi connectivity index (χ4n) is 9.27. The molecule has 0 aliphatic carbocycles. The number of rotatable bonds is 61. The Morgan fingerprint density at radius 1 is 0.253 bits per heavy atom. The number of ether oxygens (including phenoxy) is 3. The van der Waals surface area contributed by atoms with Gasteiger partial charge >= 0.3 is 17.9 Å². The molecule has 0 spiro atoms. The molecule has 1 atom stereocenters. The van der Waals surface area contributed by atoms with E-state index < -0.39 is 6.10 Å². The van der Waals surface area contributed by atoms with Crippen molar-refractivity contribution in [3.05, 3.63) is 146 Å². The lowest BCUT2D eigenvalue weighted by atomic mass is 10.0. The molecule has 0 aliphatic heterocycles. The lowest BCUT2D eigenvalue weighted by molar-refractivity contribution is -0.167. The number of unbranched alkanes of at least 4 members (excludes halogenated alkanes) is 26. The van der Waals surface area contributed by atoms with Gasteiger partial charge in [-0.25, -0.2) is 0 Å². The molecule has 0 bridgehead atoms. The average molecular weight is 1150 g/mol. The molecule has 0 rings (SSSR count). The summed E-state index contributed by atoms with van der Waals surface area (Å²) in [7, 11) is 0. The molecule has 0 aromatic rings. The molecule has 0 aromatic heterocycles. The van der Waals surface area contributed by atoms with Crippen molar-refractivity contribution in [1.29, 1.82) is 0 Å². The summed E-state index contributed by atoms with van der Waals surface area (Å²) in [6, 6.07) is 0. The molecule has 83 heavy (non-hydrogen) atoms. The van der Waals surface area contributed by atoms with Crippen molar-refractivity contribution in [2.45, 2.75) is 309 Å². The first-order valence-electron chi connectivity index (χ1n) is 34.3. The van der Waals surface area contributed by atoms with Gasteiger partial charge in [0.05, 0.1) is 0 Å². The lowest BCUT2D eigenvalue weighted by Crippen LogP contribution is -2.30. The van der Waals surface area contributed by atoms with E-state index in [2.05, 4.69) is 167 Å². The fourth-order valence-corrected chi connectivity index (χ4v) is 9.27. The number of hydrogen-bond donors (Lipinski definition) is 0. The summed E-state index contributed by atoms with van der Waals surface area (Å²) in [5, 5.41) is 0. The van der Waals surface area contributed by atoms with Crippen LogP contribution < -0.4 is 0 Å². The Kier molecular flexibility index (Phi) is 65.8. The van der Waals surface area contributed by atoms with Crippen LogP contribution >= 0.6 is 0 Å². The van der Waals surface area contributed by atoms with Gasteiger partial charge in [-0.3, -0.25) is 14.4 Å². The standard InChI is InChI=1S/C77H126O6/c1-4-7-10-13-16-19-21-23-25-27-29-31-33-35-37-38-40-41-43-45-47-49-51-53-55-58-61-64-67-70-76(79)82-73-74(72-81-75(78)69-66-63-60-57-18-15-12-9-6-3)83-77(80)71-68-65-62-59-56-54-52-50-48-46-44-42-39-36-34-32-30-28-26-24-22-20-17-14-11-8-5-2/h7-8,10-11,16-17,19-20,23-26,29-32,35,37,40-41,45,47,51,53,74H,4-6,9,12-15,18,21-22,27-28,33-34,36,38-39,42-44,46,48-50,52,54-73H2,1-3H3/b10-7-,11-8-,19-16-,20-17-,25-23-,26-24-,31-29-,32-30-,37-35-,41-40-,47-45-,53-51-. The number of hydrogen-bond acceptors (Lipinski definition) is 6. The molecular formula is C77H126O6. The van der Waals surface area contributed by atoms with Crippen molar-refractivity contribution in [3.8, 4) is 0 Å². The maximum Gasteiger partial charge on any atom is 0.306 e. The summed E-state index contributed by atoms with van der Waals surface area (Å²) in [5.74, 6) is -0.913. The smallest absolute Gasteiger partial charge is 0.306 e. The van der Waals surface area contributed by atoms with Crippen molar-refractivity contribution in [2.75, 3.05) is 13.2 Å². The highest BCUT2D eigenvalue weighted by Crippen LogP contribution is 2.16. The fraction of sp³-hybridized carbons (Fsp3) is 0.649. The predicted molar refractivity (Wildman–Crippen MR) is 362 cm³/mol. The van der Waals surface area contributed by atoms with E-state index in [0.29, 0.717) is 19.3 Å². The molecule has 0 amide bonds. The van der Waals surface area contributed by atoms with Crippen LogP contribution in [0.15, 0.2) is 146 Å². The first kappa shape index (κ1) is 78.3. The monoisotopic (exact) mass is 1150 g/mol. The molecule has 0 radical (unpaired) electrons. The zero-order chi connectivity index (χ0) is 59.9. The van der Waals surface area contributed by atoms with Crippen molar-refractivity contribution in [2.24, 2.45) is 0 Å². The van der Waals surface area contributed by atoms with Crippen LogP contribution in [0.1, 0.15) is 303 Å². The molecule has 6 nitrogen and oxygen atoms in total. The Morgan fingerprint density at radius 2 is 0.470 bits per heavy atom. The minimum Gasteiger partial charge on any atom is -0.462 e. The maximum atomic E-state index is 12.9. The number of esters is 3. The second kappa shape index (κ2) is 69.8. The topological polar surface area (TPSA) is 78.9 Å². The molecule has 0 aromatic carbocycles. The van der Waals surface area contributed by atoms with Crippen LogP contribution in [0.5, 0.6) is 0 Å². The highest BCUT2D eigenvalue weighted by Gasteiger charge is 2.19. The Bertz CT molecular complexity index is 1800. The van der Waals surface area contributed by atoms with Crippen LogP contribution in [-0.4, -0.2) is 37.2 Å². The first-order chi connectivity index (χ1) is 41.0. The number of carbonyl (C=O) groups is 3. The van der Waals surface area contributed by atoms with Gasteiger partial charge in [0.15, 0.2) is 6.10 Å². The zero-order valence-corrected chi connectivity index (χ0v) is 53.9. The van der Waals surface area contributed by atoms with Crippen molar-refractivity contribution in [1.82, 2.24) is 0 Å². The molecular weight excluding hydrogens is 1020 g/mol. The summed E-state index contributed by atoms with van der Waals surface area (Å²) in [6.45, 7) is 6.39. The van der Waals surface area contributed by atoms with Gasteiger partial charge in [-0.2, -0.15) is 0 Å². The Morgan fingerprint density at radius 3 is 0.735 bits per heavy atom. The van der Waals surface area contributed by atoms with Crippen LogP contribution in [0.3, 0.4) is 0 Å². The van der Waals surface area contributed by atoms with Crippen molar-refractivity contribution >= 4 is 17.9 Å². The van der Waals surface area contributed by atoms with Gasteiger partial charge in [0.25, 0.3) is 0 Å². The van der Waals surface area contributed by atoms with E-state index in [-0.39, 0.29) is 31.1 Å². The summed E-state index contributed by atoms with van der Waals surface area (Å²) >= 11 is 0. The third kappa shape index (κ3) is 68.0. The summed E-state index contributed by atoms with van der Waals surface area (Å²) < 4.78 is 16.9. The third-order valence-electron chi connectivity index (χ3n) is 14.3. The summed E-state index contributed by atoms with van der Waals surface area (Å²) in [6.07, 6.45) is 100. The molecule has 6 heteroatoms. The largest absolute Gasteiger partial charge is 0.462 e. The highest BCUT2D eigenvalue weighted by molar-refractivity contribution is 5.71. The van der Waals surface area contributed by atoms with Gasteiger partial charge in [0, 0.05) is 19.3 Å². The van der Waals surface area contributed by atoms with Gasteiger partial charge in [0.1, 0.15) is 13.2 Å². The Hall–Kier alpha value is -4.71. The molecule has 0 fully saturated rings. The molecule has 0 N–H and O–H groups in total. The zero-order valence-electron chi connectivity index (χ0n) is 53.9. The molecule has 0 aliphatic rings. The molecule has 470 valence electrons. The minimum atomic E-state index is -0.793. The predicted octanol–water partition coefficient (Wildman–Crippen LogP) is 23.9. The Labute approximate surface area is 512 Å². The van der Waals surface area contributed by atoms with Crippen LogP contribution in [-0.2, 0) is 28.6 Å². The van der Waals surface area contributed by atoms with Gasteiger partial charge in [0.2, 0.25) is 0 Å². The quantitative estimate of drug-likeness (QED) is 0.0261. The van der Waals surface area contributed by atoms with Gasteiger partial charge in [-0.15, -0.1) is 0 Å². The van der Waals surface area contributed by atoms with E-state index in [1.165, 1.54) is 116 Å². The third-order valence-corrected chi connectivity index (χ3v) is 14.3. The number of carbonyl (C=O) groups excluding carboxylic acids is 3. The average Bonchev–Trinajstić information content (AvgIpc) is 3.49. The van der Waals surface area contributed by atoms with E-state index in [1.54, 1.807) is 0 Å². The number of allylic oxidation sites excluding steroid dienone is 24. The first-order valence-corrected chi connectivity index (χ1v) is 34.3. The van der Waals surface area contributed by atoms with Crippen molar-refractivity contribution in [3.63, 3.8) is 0 Å². The molecule has 0 heterocycles. The van der Waals surface area contributed by atoms with Gasteiger partial charge < -0.3 is 14.2 Å². The molecule has 0 saturated heterocycles. The second-order valence-corrected chi connectivity index (χ2v) is 22.3. The highest BCUT2D eigenvalue weighted by atomic mass is 16.6. The summed E-state index contributed by atoms with van der Waals surface area (Å²) in [5.41, 5.74) is 0. The second-order valence-electron chi connectivity index (χ2n) is 22.3. The van der Waals surface area contributed by atoms with Crippen LogP contribution in [0.2, 0.25) is 0 Å². The van der Waals surface area contributed by atoms with E-state index in [4.69, 9.17) is 14.2 Å². The van der Waals surface area contributed by atoms with Gasteiger partial charge in [-0.1, -0.05) is 308 Å². The van der Waals surface area contributed by atoms with E-state index in [0.717, 1.165) is 148 Å². The summed E-state index contributed by atoms with van der Waals surface area (Å²) in [4.78, 5) is 38.3. The SMILES string of the molecule is CC/C=C\C/C=C\C/C=C\C/C=C\C/C=C\C/C=C\C/C=C\C/C=C\CCCCCCC(=O)OCC(COC(=O)CCCCCCCCCCC)OC(=O)CCCCCCCCCCCCCCCC/C=C\C/C=C\C/C=C\C/C=C\CC. The molecule has 0 saturated carbocycles. The van der Waals surface area contributed by atoms with Crippen LogP contribution in [0.4, 0.5) is 0 Å².